The van der Waals surface area contributed by atoms with Crippen LogP contribution in [0.15, 0.2) is 77.9 Å². The zero-order chi connectivity index (χ0) is 19.8. The largest absolute Gasteiger partial charge is 0.322 e. The monoisotopic (exact) mass is 402 g/mol. The first-order valence-electron chi connectivity index (χ1n) is 10.3. The Morgan fingerprint density at radius 2 is 1.41 bits per heavy atom. The van der Waals surface area contributed by atoms with Gasteiger partial charge < -0.3 is 4.90 Å². The van der Waals surface area contributed by atoms with E-state index in [1.807, 2.05) is 24.3 Å². The molecule has 1 aliphatic carbocycles. The fourth-order valence-corrected chi connectivity index (χ4v) is 4.85. The summed E-state index contributed by atoms with van der Waals surface area (Å²) < 4.78 is 0. The van der Waals surface area contributed by atoms with Crippen LogP contribution in [0.3, 0.4) is 0 Å². The second-order valence-electron chi connectivity index (χ2n) is 7.91. The van der Waals surface area contributed by atoms with E-state index < -0.39 is 0 Å². The molecule has 3 aromatic rings. The molecule has 4 heteroatoms. The molecular weight excluding hydrogens is 378 g/mol. The van der Waals surface area contributed by atoms with E-state index in [0.717, 1.165) is 42.5 Å². The van der Waals surface area contributed by atoms with Gasteiger partial charge in [-0.1, -0.05) is 72.3 Å². The summed E-state index contributed by atoms with van der Waals surface area (Å²) in [6, 6.07) is 26.2. The zero-order valence-electron chi connectivity index (χ0n) is 16.6. The molecule has 146 valence electrons. The lowest BCUT2D eigenvalue weighted by Crippen LogP contribution is -3.14. The summed E-state index contributed by atoms with van der Waals surface area (Å²) in [6.07, 6.45) is 0. The van der Waals surface area contributed by atoms with E-state index in [4.69, 9.17) is 16.7 Å². The van der Waals surface area contributed by atoms with Gasteiger partial charge in [-0.3, -0.25) is 5.01 Å². The highest BCUT2D eigenvalue weighted by Gasteiger charge is 2.37. The van der Waals surface area contributed by atoms with Crippen molar-refractivity contribution in [2.45, 2.75) is 13.0 Å². The van der Waals surface area contributed by atoms with Gasteiger partial charge in [0.05, 0.1) is 31.9 Å². The average Bonchev–Trinajstić information content (AvgIpc) is 3.09. The highest BCUT2D eigenvalue weighted by molar-refractivity contribution is 6.30. The van der Waals surface area contributed by atoms with Gasteiger partial charge in [-0.15, -0.1) is 0 Å². The van der Waals surface area contributed by atoms with Gasteiger partial charge in [-0.05, 0) is 35.7 Å². The Kier molecular flexibility index (Phi) is 4.86. The molecule has 2 aliphatic rings. The summed E-state index contributed by atoms with van der Waals surface area (Å²) >= 11 is 6.01. The molecule has 3 nitrogen and oxygen atoms in total. The number of benzene rings is 3. The van der Waals surface area contributed by atoms with Crippen molar-refractivity contribution >= 4 is 17.3 Å². The van der Waals surface area contributed by atoms with Gasteiger partial charge >= 0.3 is 0 Å². The van der Waals surface area contributed by atoms with Gasteiger partial charge in [0, 0.05) is 16.1 Å². The van der Waals surface area contributed by atoms with Crippen molar-refractivity contribution in [3.8, 4) is 11.1 Å². The van der Waals surface area contributed by atoms with E-state index in [-0.39, 0.29) is 0 Å². The summed E-state index contributed by atoms with van der Waals surface area (Å²) in [5.74, 6) is 0. The predicted octanol–water partition coefficient (Wildman–Crippen LogP) is 4.03. The van der Waals surface area contributed by atoms with Crippen LogP contribution in [0.1, 0.15) is 29.7 Å². The van der Waals surface area contributed by atoms with Gasteiger partial charge in [0.15, 0.2) is 0 Å². The van der Waals surface area contributed by atoms with E-state index in [2.05, 4.69) is 60.5 Å². The molecule has 0 unspecified atom stereocenters. The highest BCUT2D eigenvalue weighted by atomic mass is 35.5. The number of nitrogens with zero attached hydrogens (tertiary/aromatic N) is 2. The van der Waals surface area contributed by atoms with Gasteiger partial charge in [0.25, 0.3) is 0 Å². The maximum atomic E-state index is 6.01. The number of quaternary nitrogens is 1. The maximum absolute atomic E-state index is 6.01. The van der Waals surface area contributed by atoms with Crippen LogP contribution in [0.25, 0.3) is 11.1 Å². The van der Waals surface area contributed by atoms with Gasteiger partial charge in [0.2, 0.25) is 0 Å². The van der Waals surface area contributed by atoms with Crippen molar-refractivity contribution in [3.05, 3.63) is 94.5 Å². The third-order valence-electron chi connectivity index (χ3n) is 6.18. The van der Waals surface area contributed by atoms with E-state index in [1.165, 1.54) is 22.3 Å². The molecule has 0 amide bonds. The van der Waals surface area contributed by atoms with Crippen LogP contribution in [0, 0.1) is 0 Å². The summed E-state index contributed by atoms with van der Waals surface area (Å²) in [7, 11) is 0. The van der Waals surface area contributed by atoms with Crippen LogP contribution in [-0.4, -0.2) is 36.9 Å². The Hall–Kier alpha value is -2.62. The third kappa shape index (κ3) is 3.45. The number of halogens is 1. The summed E-state index contributed by atoms with van der Waals surface area (Å²) in [5.41, 5.74) is 7.92. The molecule has 1 saturated heterocycles. The maximum Gasteiger partial charge on any atom is 0.140 e. The van der Waals surface area contributed by atoms with Crippen LogP contribution in [0.5, 0.6) is 0 Å². The quantitative estimate of drug-likeness (QED) is 0.655. The molecule has 0 spiro atoms. The molecule has 1 fully saturated rings. The van der Waals surface area contributed by atoms with Crippen molar-refractivity contribution in [3.63, 3.8) is 0 Å². The van der Waals surface area contributed by atoms with Crippen molar-refractivity contribution < 1.29 is 4.90 Å². The van der Waals surface area contributed by atoms with E-state index >= 15 is 0 Å². The number of hydrazone groups is 1. The fourth-order valence-electron chi connectivity index (χ4n) is 4.73. The molecule has 29 heavy (non-hydrogen) atoms. The van der Waals surface area contributed by atoms with Gasteiger partial charge in [-0.25, -0.2) is 0 Å². The SMILES string of the molecule is C/C(=N/N1CC[NH+](C2c3ccccc3-c3ccccc32)CC1)c1ccc(Cl)cc1. The first-order valence-corrected chi connectivity index (χ1v) is 10.7. The number of piperazine rings is 1. The van der Waals surface area contributed by atoms with Crippen molar-refractivity contribution in [1.29, 1.82) is 0 Å². The van der Waals surface area contributed by atoms with Crippen molar-refractivity contribution in [1.82, 2.24) is 5.01 Å². The Balaban J connectivity index is 1.33. The molecule has 5 rings (SSSR count). The topological polar surface area (TPSA) is 20.0 Å². The number of nitrogens with one attached hydrogen (secondary N) is 1. The minimum atomic E-state index is 0.436. The lowest BCUT2D eigenvalue weighted by molar-refractivity contribution is -0.929. The molecule has 0 atom stereocenters. The molecule has 1 heterocycles. The van der Waals surface area contributed by atoms with Crippen LogP contribution in [0.4, 0.5) is 0 Å². The first-order chi connectivity index (χ1) is 14.2. The van der Waals surface area contributed by atoms with Gasteiger partial charge in [0.1, 0.15) is 6.04 Å². The lowest BCUT2D eigenvalue weighted by atomic mass is 10.0. The Morgan fingerprint density at radius 1 is 0.862 bits per heavy atom. The second-order valence-corrected chi connectivity index (χ2v) is 8.35. The molecular formula is C25H25ClN3+. The zero-order valence-corrected chi connectivity index (χ0v) is 17.4. The molecule has 1 N–H and O–H groups in total. The number of rotatable bonds is 3. The molecule has 1 aliphatic heterocycles. The van der Waals surface area contributed by atoms with Crippen molar-refractivity contribution in [2.75, 3.05) is 26.2 Å². The standard InChI is InChI=1S/C25H24ClN3/c1-18(19-10-12-20(26)13-11-19)27-29-16-14-28(15-17-29)25-23-8-4-2-6-21(23)22-7-3-5-9-24(22)25/h2-13,25H,14-17H2,1H3/p+1/b27-18-. The van der Waals surface area contributed by atoms with Gasteiger partial charge in [-0.2, -0.15) is 5.10 Å². The summed E-state index contributed by atoms with van der Waals surface area (Å²) in [6.45, 7) is 6.20. The predicted molar refractivity (Wildman–Crippen MR) is 120 cm³/mol. The molecule has 0 bridgehead atoms. The van der Waals surface area contributed by atoms with E-state index in [1.54, 1.807) is 4.90 Å². The normalized spacial score (nSPS) is 17.3. The summed E-state index contributed by atoms with van der Waals surface area (Å²) in [5, 5.41) is 7.86. The van der Waals surface area contributed by atoms with E-state index in [9.17, 15) is 0 Å². The van der Waals surface area contributed by atoms with Crippen LogP contribution in [-0.2, 0) is 0 Å². The van der Waals surface area contributed by atoms with Crippen molar-refractivity contribution in [2.24, 2.45) is 5.10 Å². The Labute approximate surface area is 177 Å². The third-order valence-corrected chi connectivity index (χ3v) is 6.43. The first kappa shape index (κ1) is 18.4. The number of hydrogen-bond acceptors (Lipinski definition) is 2. The highest BCUT2D eigenvalue weighted by Crippen LogP contribution is 2.41. The summed E-state index contributed by atoms with van der Waals surface area (Å²) in [4.78, 5) is 1.64. The minimum absolute atomic E-state index is 0.436. The number of hydrogen-bond donors (Lipinski definition) is 1. The van der Waals surface area contributed by atoms with E-state index in [0.29, 0.717) is 6.04 Å². The minimum Gasteiger partial charge on any atom is -0.322 e. The van der Waals surface area contributed by atoms with Crippen LogP contribution in [0.2, 0.25) is 5.02 Å². The molecule has 0 aromatic heterocycles. The fraction of sp³-hybridized carbons (Fsp3) is 0.240. The molecule has 0 radical (unpaired) electrons. The van der Waals surface area contributed by atoms with Crippen LogP contribution < -0.4 is 4.90 Å². The molecule has 0 saturated carbocycles. The molecule has 3 aromatic carbocycles. The van der Waals surface area contributed by atoms with Crippen LogP contribution >= 0.6 is 11.6 Å². The smallest absolute Gasteiger partial charge is 0.140 e. The second kappa shape index (κ2) is 7.66. The lowest BCUT2D eigenvalue weighted by Gasteiger charge is -2.35. The Morgan fingerprint density at radius 3 is 2.00 bits per heavy atom. The Bertz CT molecular complexity index is 1000. The average molecular weight is 403 g/mol. The number of fused-ring (bicyclic) bond motifs is 3.